The second-order valence-electron chi connectivity index (χ2n) is 7.12. The third-order valence-electron chi connectivity index (χ3n) is 4.98. The zero-order valence-corrected chi connectivity index (χ0v) is 18.7. The second kappa shape index (κ2) is 8.57. The van der Waals surface area contributed by atoms with Gasteiger partial charge in [-0.25, -0.2) is 0 Å². The number of rotatable bonds is 6. The molecule has 0 aliphatic carbocycles. The van der Waals surface area contributed by atoms with Gasteiger partial charge in [0, 0.05) is 29.1 Å². The van der Waals surface area contributed by atoms with Crippen LogP contribution in [-0.2, 0) is 13.0 Å². The normalized spacial score (nSPS) is 11.2. The van der Waals surface area contributed by atoms with Gasteiger partial charge in [0.2, 0.25) is 4.96 Å². The van der Waals surface area contributed by atoms with Crippen molar-refractivity contribution >= 4 is 33.8 Å². The van der Waals surface area contributed by atoms with Gasteiger partial charge in [0.25, 0.3) is 5.91 Å². The number of nitrogens with zero attached hydrogens (tertiary/aromatic N) is 4. The molecule has 0 saturated heterocycles. The number of aryl methyl sites for hydroxylation is 1. The van der Waals surface area contributed by atoms with Crippen LogP contribution in [0.15, 0.2) is 65.1 Å². The Labute approximate surface area is 192 Å². The Balaban J connectivity index is 1.23. The van der Waals surface area contributed by atoms with Gasteiger partial charge in [0.1, 0.15) is 10.8 Å². The summed E-state index contributed by atoms with van der Waals surface area (Å²) in [5.74, 6) is 1.46. The van der Waals surface area contributed by atoms with Gasteiger partial charge in [-0.1, -0.05) is 54.1 Å². The lowest BCUT2D eigenvalue weighted by Crippen LogP contribution is -2.22. The number of carbonyl (C=O) groups excluding carboxylic acids is 1. The molecule has 3 aromatic heterocycles. The minimum atomic E-state index is -0.268. The molecule has 0 unspecified atom stereocenters. The highest BCUT2D eigenvalue weighted by Crippen LogP contribution is 2.26. The summed E-state index contributed by atoms with van der Waals surface area (Å²) < 4.78 is 7.49. The molecule has 0 aliphatic rings. The quantitative estimate of drug-likeness (QED) is 0.371. The minimum Gasteiger partial charge on any atom is -0.451 e. The zero-order chi connectivity index (χ0) is 22.1. The number of fused-ring (bicyclic) bond motifs is 1. The molecule has 0 spiro atoms. The first kappa shape index (κ1) is 20.4. The van der Waals surface area contributed by atoms with E-state index < -0.39 is 0 Å². The van der Waals surface area contributed by atoms with E-state index in [1.165, 1.54) is 11.3 Å². The average molecular weight is 464 g/mol. The van der Waals surface area contributed by atoms with Crippen LogP contribution in [0.25, 0.3) is 26.9 Å². The maximum absolute atomic E-state index is 12.5. The van der Waals surface area contributed by atoms with Gasteiger partial charge in [0.05, 0.1) is 0 Å². The van der Waals surface area contributed by atoms with E-state index in [2.05, 4.69) is 20.6 Å². The molecule has 5 rings (SSSR count). The van der Waals surface area contributed by atoms with Crippen LogP contribution in [0.1, 0.15) is 28.9 Å². The maximum Gasteiger partial charge on any atom is 0.287 e. The fourth-order valence-electron chi connectivity index (χ4n) is 3.26. The van der Waals surface area contributed by atoms with Gasteiger partial charge in [-0.2, -0.15) is 9.61 Å². The summed E-state index contributed by atoms with van der Waals surface area (Å²) in [4.78, 5) is 13.3. The van der Waals surface area contributed by atoms with E-state index in [1.807, 2.05) is 43.3 Å². The van der Waals surface area contributed by atoms with Crippen molar-refractivity contribution in [3.63, 3.8) is 0 Å². The molecular formula is C23H18ClN5O2S. The molecule has 0 bridgehead atoms. The molecule has 0 atom stereocenters. The predicted octanol–water partition coefficient (Wildman–Crippen LogP) is 5.26. The summed E-state index contributed by atoms with van der Waals surface area (Å²) in [5, 5.41) is 17.3. The average Bonchev–Trinajstić information content (AvgIpc) is 3.54. The standard InChI is InChI=1S/C23H18ClN5O2S/c1-2-20-26-27-23-29(20)28-22(32-23)16-5-3-14(4-6-16)13-25-21(30)19-12-11-18(31-19)15-7-9-17(24)10-8-15/h3-12H,2,13H2,1H3,(H,25,30). The lowest BCUT2D eigenvalue weighted by molar-refractivity contribution is 0.0924. The van der Waals surface area contributed by atoms with Crippen molar-refractivity contribution in [3.8, 4) is 21.9 Å². The van der Waals surface area contributed by atoms with Crippen molar-refractivity contribution in [1.29, 1.82) is 0 Å². The van der Waals surface area contributed by atoms with Crippen LogP contribution in [0.2, 0.25) is 5.02 Å². The van der Waals surface area contributed by atoms with Gasteiger partial charge < -0.3 is 9.73 Å². The van der Waals surface area contributed by atoms with Crippen molar-refractivity contribution in [3.05, 3.63) is 82.8 Å². The van der Waals surface area contributed by atoms with Crippen LogP contribution in [0.5, 0.6) is 0 Å². The smallest absolute Gasteiger partial charge is 0.287 e. The second-order valence-corrected chi connectivity index (χ2v) is 8.51. The number of aromatic nitrogens is 4. The number of carbonyl (C=O) groups is 1. The highest BCUT2D eigenvalue weighted by Gasteiger charge is 2.14. The Morgan fingerprint density at radius 1 is 1.03 bits per heavy atom. The van der Waals surface area contributed by atoms with Crippen LogP contribution in [0.4, 0.5) is 0 Å². The molecule has 0 aliphatic heterocycles. The largest absolute Gasteiger partial charge is 0.451 e. The van der Waals surface area contributed by atoms with Crippen molar-refractivity contribution in [2.24, 2.45) is 0 Å². The molecule has 9 heteroatoms. The van der Waals surface area contributed by atoms with Gasteiger partial charge in [0.15, 0.2) is 11.6 Å². The highest BCUT2D eigenvalue weighted by atomic mass is 35.5. The summed E-state index contributed by atoms with van der Waals surface area (Å²) in [7, 11) is 0. The first-order valence-corrected chi connectivity index (χ1v) is 11.2. The number of hydrogen-bond donors (Lipinski definition) is 1. The first-order chi connectivity index (χ1) is 15.6. The third kappa shape index (κ3) is 4.02. The summed E-state index contributed by atoms with van der Waals surface area (Å²) in [5.41, 5.74) is 2.83. The summed E-state index contributed by atoms with van der Waals surface area (Å²) >= 11 is 7.42. The van der Waals surface area contributed by atoms with Gasteiger partial charge >= 0.3 is 0 Å². The summed E-state index contributed by atoms with van der Waals surface area (Å²) in [6.45, 7) is 2.42. The maximum atomic E-state index is 12.5. The van der Waals surface area contributed by atoms with Crippen molar-refractivity contribution in [1.82, 2.24) is 25.1 Å². The molecular weight excluding hydrogens is 446 g/mol. The Bertz CT molecular complexity index is 1390. The topological polar surface area (TPSA) is 85.3 Å². The van der Waals surface area contributed by atoms with Gasteiger partial charge in [-0.3, -0.25) is 4.79 Å². The lowest BCUT2D eigenvalue weighted by Gasteiger charge is -2.04. The molecule has 3 heterocycles. The van der Waals surface area contributed by atoms with Crippen LogP contribution in [-0.4, -0.2) is 25.7 Å². The number of nitrogens with one attached hydrogen (secondary N) is 1. The van der Waals surface area contributed by atoms with E-state index in [4.69, 9.17) is 16.0 Å². The Morgan fingerprint density at radius 3 is 2.53 bits per heavy atom. The Kier molecular flexibility index (Phi) is 5.46. The molecule has 1 amide bonds. The van der Waals surface area contributed by atoms with Crippen LogP contribution >= 0.6 is 22.9 Å². The predicted molar refractivity (Wildman–Crippen MR) is 124 cm³/mol. The number of amides is 1. The van der Waals surface area contributed by atoms with E-state index >= 15 is 0 Å². The van der Waals surface area contributed by atoms with Gasteiger partial charge in [-0.15, -0.1) is 10.2 Å². The summed E-state index contributed by atoms with van der Waals surface area (Å²) in [6, 6.07) is 18.6. The lowest BCUT2D eigenvalue weighted by atomic mass is 10.1. The SMILES string of the molecule is CCc1nnc2sc(-c3ccc(CNC(=O)c4ccc(-c5ccc(Cl)cc5)o4)cc3)nn12. The van der Waals surface area contributed by atoms with Crippen molar-refractivity contribution < 1.29 is 9.21 Å². The van der Waals surface area contributed by atoms with E-state index in [0.29, 0.717) is 17.3 Å². The molecule has 5 aromatic rings. The number of benzene rings is 2. The molecule has 160 valence electrons. The first-order valence-electron chi connectivity index (χ1n) is 10.0. The molecule has 1 N–H and O–H groups in total. The highest BCUT2D eigenvalue weighted by molar-refractivity contribution is 7.19. The third-order valence-corrected chi connectivity index (χ3v) is 6.18. The minimum absolute atomic E-state index is 0.262. The Hall–Kier alpha value is -3.49. The fraction of sp³-hybridized carbons (Fsp3) is 0.130. The molecule has 0 fully saturated rings. The number of furan rings is 1. The van der Waals surface area contributed by atoms with Crippen LogP contribution in [0.3, 0.4) is 0 Å². The van der Waals surface area contributed by atoms with E-state index in [0.717, 1.165) is 38.9 Å². The van der Waals surface area contributed by atoms with E-state index in [1.54, 1.807) is 28.8 Å². The van der Waals surface area contributed by atoms with Crippen molar-refractivity contribution in [2.45, 2.75) is 19.9 Å². The molecule has 0 radical (unpaired) electrons. The van der Waals surface area contributed by atoms with Crippen molar-refractivity contribution in [2.75, 3.05) is 0 Å². The Morgan fingerprint density at radius 2 is 1.78 bits per heavy atom. The molecule has 7 nitrogen and oxygen atoms in total. The van der Waals surface area contributed by atoms with Crippen LogP contribution < -0.4 is 5.32 Å². The van der Waals surface area contributed by atoms with E-state index in [9.17, 15) is 4.79 Å². The molecule has 2 aromatic carbocycles. The number of hydrogen-bond acceptors (Lipinski definition) is 6. The molecule has 32 heavy (non-hydrogen) atoms. The summed E-state index contributed by atoms with van der Waals surface area (Å²) in [6.07, 6.45) is 0.778. The monoisotopic (exact) mass is 463 g/mol. The zero-order valence-electron chi connectivity index (χ0n) is 17.1. The number of halogens is 1. The molecule has 0 saturated carbocycles. The van der Waals surface area contributed by atoms with Gasteiger partial charge in [-0.05, 0) is 42.0 Å². The fourth-order valence-corrected chi connectivity index (χ4v) is 4.25. The van der Waals surface area contributed by atoms with Crippen LogP contribution in [0, 0.1) is 0 Å². The van der Waals surface area contributed by atoms with E-state index in [-0.39, 0.29) is 11.7 Å².